The van der Waals surface area contributed by atoms with E-state index in [0.717, 1.165) is 17.5 Å². The predicted octanol–water partition coefficient (Wildman–Crippen LogP) is 3.34. The molecule has 2 aromatic carbocycles. The third-order valence-corrected chi connectivity index (χ3v) is 6.35. The number of benzene rings is 2. The van der Waals surface area contributed by atoms with Crippen molar-refractivity contribution in [3.05, 3.63) is 71.8 Å². The van der Waals surface area contributed by atoms with Gasteiger partial charge in [0.1, 0.15) is 12.2 Å². The molecule has 6 nitrogen and oxygen atoms in total. The van der Waals surface area contributed by atoms with Crippen molar-refractivity contribution >= 4 is 12.4 Å². The molecule has 0 N–H and O–H groups in total. The molecule has 0 bridgehead atoms. The molecule has 0 radical (unpaired) electrons. The fourth-order valence-electron chi connectivity index (χ4n) is 4.87. The third-order valence-electron chi connectivity index (χ3n) is 6.35. The smallest absolute Gasteiger partial charge is 0.293 e. The number of carbonyl (C=O) groups is 2. The molecular formula is C25H29NO5. The van der Waals surface area contributed by atoms with Crippen LogP contribution in [0.25, 0.3) is 0 Å². The summed E-state index contributed by atoms with van der Waals surface area (Å²) in [5.41, 5.74) is 2.05. The highest BCUT2D eigenvalue weighted by molar-refractivity contribution is 5.85. The molecule has 0 aromatic heterocycles. The Morgan fingerprint density at radius 1 is 0.968 bits per heavy atom. The van der Waals surface area contributed by atoms with Crippen LogP contribution >= 0.6 is 0 Å². The minimum absolute atomic E-state index is 0.00833. The lowest BCUT2D eigenvalue weighted by atomic mass is 9.83. The second-order valence-electron chi connectivity index (χ2n) is 8.13. The Morgan fingerprint density at radius 3 is 2.16 bits per heavy atom. The fraction of sp³-hybridized carbons (Fsp3) is 0.440. The van der Waals surface area contributed by atoms with E-state index in [1.165, 1.54) is 0 Å². The van der Waals surface area contributed by atoms with Gasteiger partial charge in [0.25, 0.3) is 12.4 Å². The van der Waals surface area contributed by atoms with Crippen molar-refractivity contribution in [2.24, 2.45) is 5.92 Å². The lowest BCUT2D eigenvalue weighted by molar-refractivity contribution is -0.147. The highest BCUT2D eigenvalue weighted by atomic mass is 16.6. The third kappa shape index (κ3) is 4.65. The van der Waals surface area contributed by atoms with Crippen molar-refractivity contribution in [2.75, 3.05) is 6.54 Å². The zero-order chi connectivity index (χ0) is 21.6. The van der Waals surface area contributed by atoms with E-state index in [2.05, 4.69) is 6.92 Å². The van der Waals surface area contributed by atoms with Gasteiger partial charge < -0.3 is 19.1 Å². The lowest BCUT2D eigenvalue weighted by Crippen LogP contribution is -2.53. The first-order valence-corrected chi connectivity index (χ1v) is 10.9. The van der Waals surface area contributed by atoms with E-state index in [0.29, 0.717) is 32.7 Å². The average molecular weight is 424 g/mol. The number of piperidine rings is 1. The molecule has 1 amide bonds. The van der Waals surface area contributed by atoms with Gasteiger partial charge in [-0.2, -0.15) is 0 Å². The maximum atomic E-state index is 13.3. The summed E-state index contributed by atoms with van der Waals surface area (Å²) in [5.74, 6) is -0.0315. The van der Waals surface area contributed by atoms with Gasteiger partial charge in [0, 0.05) is 18.9 Å². The Balaban J connectivity index is 1.57. The van der Waals surface area contributed by atoms with Crippen molar-refractivity contribution in [2.45, 2.75) is 57.3 Å². The Bertz CT molecular complexity index is 859. The summed E-state index contributed by atoms with van der Waals surface area (Å²) in [7, 11) is 0. The van der Waals surface area contributed by atoms with Crippen LogP contribution in [0.3, 0.4) is 0 Å². The Labute approximate surface area is 183 Å². The van der Waals surface area contributed by atoms with Crippen molar-refractivity contribution in [1.82, 2.24) is 4.90 Å². The van der Waals surface area contributed by atoms with Gasteiger partial charge >= 0.3 is 0 Å². The van der Waals surface area contributed by atoms with E-state index in [-0.39, 0.29) is 24.0 Å². The van der Waals surface area contributed by atoms with Crippen molar-refractivity contribution in [3.63, 3.8) is 0 Å². The summed E-state index contributed by atoms with van der Waals surface area (Å²) >= 11 is 0. The molecule has 0 saturated carbocycles. The molecule has 2 aliphatic rings. The molecule has 2 aromatic rings. The minimum atomic E-state index is -0.682. The van der Waals surface area contributed by atoms with Crippen LogP contribution in [0.15, 0.2) is 60.7 Å². The largest absolute Gasteiger partial charge is 0.464 e. The summed E-state index contributed by atoms with van der Waals surface area (Å²) in [6.45, 7) is 3.85. The van der Waals surface area contributed by atoms with Gasteiger partial charge in [0.15, 0.2) is 6.10 Å². The fourth-order valence-corrected chi connectivity index (χ4v) is 4.87. The number of hydrogen-bond donors (Lipinski definition) is 0. The van der Waals surface area contributed by atoms with Crippen LogP contribution in [-0.4, -0.2) is 48.2 Å². The SMILES string of the molecule is CC[C@@H]1[C@H]2[C@H](OCc3ccccc3)[C@@H](OCc3ccccc3)C(=O)N2CC[C@@H]1OC=O. The number of fused-ring (bicyclic) bond motifs is 1. The van der Waals surface area contributed by atoms with Crippen LogP contribution in [0.5, 0.6) is 0 Å². The summed E-state index contributed by atoms with van der Waals surface area (Å²) in [6.07, 6.45) is 0.0875. The molecule has 0 unspecified atom stereocenters. The molecule has 2 aliphatic heterocycles. The van der Waals surface area contributed by atoms with Gasteiger partial charge in [0.2, 0.25) is 0 Å². The van der Waals surface area contributed by atoms with Crippen LogP contribution in [0.4, 0.5) is 0 Å². The topological polar surface area (TPSA) is 65.1 Å². The maximum Gasteiger partial charge on any atom is 0.293 e. The van der Waals surface area contributed by atoms with E-state index in [1.54, 1.807) is 0 Å². The summed E-state index contributed by atoms with van der Waals surface area (Å²) in [5, 5.41) is 0. The molecule has 5 atom stereocenters. The van der Waals surface area contributed by atoms with Crippen molar-refractivity contribution < 1.29 is 23.8 Å². The van der Waals surface area contributed by atoms with Crippen LogP contribution in [0.1, 0.15) is 30.9 Å². The summed E-state index contributed by atoms with van der Waals surface area (Å²) in [6, 6.07) is 19.6. The molecule has 2 heterocycles. The van der Waals surface area contributed by atoms with Gasteiger partial charge in [-0.1, -0.05) is 67.6 Å². The number of rotatable bonds is 9. The number of carbonyl (C=O) groups excluding carboxylic acids is 2. The molecule has 0 spiro atoms. The number of nitrogens with zero attached hydrogens (tertiary/aromatic N) is 1. The Hall–Kier alpha value is -2.70. The van der Waals surface area contributed by atoms with Gasteiger partial charge in [0.05, 0.1) is 19.3 Å². The van der Waals surface area contributed by atoms with E-state index in [4.69, 9.17) is 14.2 Å². The first kappa shape index (κ1) is 21.5. The molecule has 4 rings (SSSR count). The molecule has 164 valence electrons. The monoisotopic (exact) mass is 423 g/mol. The Kier molecular flexibility index (Phi) is 6.99. The summed E-state index contributed by atoms with van der Waals surface area (Å²) < 4.78 is 17.9. The number of ether oxygens (including phenoxy) is 3. The number of hydrogen-bond acceptors (Lipinski definition) is 5. The summed E-state index contributed by atoms with van der Waals surface area (Å²) in [4.78, 5) is 26.2. The van der Waals surface area contributed by atoms with E-state index in [1.807, 2.05) is 65.6 Å². The zero-order valence-electron chi connectivity index (χ0n) is 17.8. The lowest BCUT2D eigenvalue weighted by Gasteiger charge is -2.42. The average Bonchev–Trinajstić information content (AvgIpc) is 3.08. The van der Waals surface area contributed by atoms with Crippen molar-refractivity contribution in [1.29, 1.82) is 0 Å². The highest BCUT2D eigenvalue weighted by Crippen LogP contribution is 2.39. The van der Waals surface area contributed by atoms with Crippen molar-refractivity contribution in [3.8, 4) is 0 Å². The highest BCUT2D eigenvalue weighted by Gasteiger charge is 2.56. The molecular weight excluding hydrogens is 394 g/mol. The molecule has 0 aliphatic carbocycles. The quantitative estimate of drug-likeness (QED) is 0.579. The molecule has 31 heavy (non-hydrogen) atoms. The predicted molar refractivity (Wildman–Crippen MR) is 115 cm³/mol. The standard InChI is InChI=1S/C25H29NO5/c1-2-20-21(31-17-27)13-14-26-22(20)23(29-15-18-9-5-3-6-10-18)24(25(26)28)30-16-19-11-7-4-8-12-19/h3-12,17,20-24H,2,13-16H2,1H3/t20-,21-,22-,23-,24+/m0/s1. The van der Waals surface area contributed by atoms with Gasteiger partial charge in [-0.3, -0.25) is 9.59 Å². The van der Waals surface area contributed by atoms with Gasteiger partial charge in [-0.25, -0.2) is 0 Å². The van der Waals surface area contributed by atoms with E-state index >= 15 is 0 Å². The van der Waals surface area contributed by atoms with Gasteiger partial charge in [-0.15, -0.1) is 0 Å². The van der Waals surface area contributed by atoms with E-state index < -0.39 is 12.2 Å². The first-order chi connectivity index (χ1) is 15.2. The van der Waals surface area contributed by atoms with Crippen LogP contribution < -0.4 is 0 Å². The molecule has 6 heteroatoms. The first-order valence-electron chi connectivity index (χ1n) is 10.9. The van der Waals surface area contributed by atoms with E-state index in [9.17, 15) is 9.59 Å². The zero-order valence-corrected chi connectivity index (χ0v) is 17.8. The second-order valence-corrected chi connectivity index (χ2v) is 8.13. The van der Waals surface area contributed by atoms with Crippen LogP contribution in [0, 0.1) is 5.92 Å². The number of amides is 1. The van der Waals surface area contributed by atoms with Crippen LogP contribution in [0.2, 0.25) is 0 Å². The molecule has 2 fully saturated rings. The van der Waals surface area contributed by atoms with Gasteiger partial charge in [-0.05, 0) is 17.5 Å². The second kappa shape index (κ2) is 10.1. The Morgan fingerprint density at radius 2 is 1.58 bits per heavy atom. The van der Waals surface area contributed by atoms with Crippen LogP contribution in [-0.2, 0) is 37.0 Å². The normalized spacial score (nSPS) is 27.7. The maximum absolute atomic E-state index is 13.3. The minimum Gasteiger partial charge on any atom is -0.464 e. The molecule has 2 saturated heterocycles.